The van der Waals surface area contributed by atoms with Gasteiger partial charge in [0.2, 0.25) is 0 Å². The van der Waals surface area contributed by atoms with Crippen molar-refractivity contribution >= 4 is 14.0 Å². The summed E-state index contributed by atoms with van der Waals surface area (Å²) in [6.07, 6.45) is 4.46. The smallest absolute Gasteiger partial charge is 0.312 e. The monoisotopic (exact) mass is 263 g/mol. The fraction of sp³-hybridized carbons (Fsp3) is 0.571. The Morgan fingerprint density at radius 2 is 2.11 bits per heavy atom. The first-order chi connectivity index (χ1) is 8.29. The van der Waals surface area contributed by atoms with Gasteiger partial charge in [0.1, 0.15) is 5.04 Å². The molecule has 4 heteroatoms. The van der Waals surface area contributed by atoms with E-state index in [1.54, 1.807) is 0 Å². The Morgan fingerprint density at radius 1 is 1.44 bits per heavy atom. The molecule has 1 aliphatic carbocycles. The van der Waals surface area contributed by atoms with Crippen LogP contribution in [0.5, 0.6) is 0 Å². The maximum absolute atomic E-state index is 12.0. The van der Waals surface area contributed by atoms with Gasteiger partial charge in [-0.3, -0.25) is 9.78 Å². The van der Waals surface area contributed by atoms with Crippen molar-refractivity contribution in [2.75, 3.05) is 0 Å². The van der Waals surface area contributed by atoms with E-state index in [1.807, 2.05) is 13.1 Å². The molecular formula is C14H21NO2Si. The third kappa shape index (κ3) is 1.79. The van der Waals surface area contributed by atoms with Crippen LogP contribution in [0.4, 0.5) is 0 Å². The molecule has 0 aromatic carbocycles. The topological polar surface area (TPSA) is 50.2 Å². The Labute approximate surface area is 109 Å². The zero-order chi connectivity index (χ0) is 13.6. The van der Waals surface area contributed by atoms with Gasteiger partial charge in [-0.25, -0.2) is 0 Å². The van der Waals surface area contributed by atoms with E-state index in [4.69, 9.17) is 0 Å². The highest BCUT2D eigenvalue weighted by atomic mass is 28.3. The van der Waals surface area contributed by atoms with Gasteiger partial charge >= 0.3 is 5.97 Å². The summed E-state index contributed by atoms with van der Waals surface area (Å²) < 4.78 is 0. The minimum atomic E-state index is -1.90. The Kier molecular flexibility index (Phi) is 3.09. The van der Waals surface area contributed by atoms with Crippen LogP contribution in [-0.2, 0) is 16.3 Å². The fourth-order valence-corrected chi connectivity index (χ4v) is 5.63. The van der Waals surface area contributed by atoms with Crippen molar-refractivity contribution in [3.8, 4) is 0 Å². The summed E-state index contributed by atoms with van der Waals surface area (Å²) in [6.45, 7) is 8.42. The molecule has 1 N–H and O–H groups in total. The quantitative estimate of drug-likeness (QED) is 0.835. The number of hydrogen-bond donors (Lipinski definition) is 1. The third-order valence-corrected chi connectivity index (χ3v) is 7.41. The number of aryl methyl sites for hydroxylation is 2. The molecule has 2 rings (SSSR count). The van der Waals surface area contributed by atoms with E-state index in [0.29, 0.717) is 0 Å². The minimum absolute atomic E-state index is 0.682. The molecule has 0 aliphatic heterocycles. The van der Waals surface area contributed by atoms with Gasteiger partial charge in [-0.05, 0) is 37.3 Å². The molecule has 1 aliphatic rings. The van der Waals surface area contributed by atoms with Gasteiger partial charge in [0.15, 0.2) is 0 Å². The molecule has 1 aromatic rings. The van der Waals surface area contributed by atoms with Crippen LogP contribution in [0.25, 0.3) is 0 Å². The molecule has 18 heavy (non-hydrogen) atoms. The Hall–Kier alpha value is -1.16. The first-order valence-corrected chi connectivity index (χ1v) is 9.98. The summed E-state index contributed by atoms with van der Waals surface area (Å²) >= 11 is 0. The number of aromatic nitrogens is 1. The predicted molar refractivity (Wildman–Crippen MR) is 74.6 cm³/mol. The maximum atomic E-state index is 12.0. The van der Waals surface area contributed by atoms with Crippen molar-refractivity contribution < 1.29 is 9.90 Å². The fourth-order valence-electron chi connectivity index (χ4n) is 3.13. The van der Waals surface area contributed by atoms with E-state index in [2.05, 4.69) is 30.7 Å². The number of carbonyl (C=O) groups is 1. The number of hydrogen-bond acceptors (Lipinski definition) is 2. The molecule has 0 bridgehead atoms. The molecule has 0 saturated carbocycles. The summed E-state index contributed by atoms with van der Waals surface area (Å²) in [4.78, 5) is 16.5. The Balaban J connectivity index is 2.70. The van der Waals surface area contributed by atoms with Crippen molar-refractivity contribution in [1.82, 2.24) is 4.98 Å². The van der Waals surface area contributed by atoms with Crippen LogP contribution in [0.15, 0.2) is 12.3 Å². The molecular weight excluding hydrogens is 242 g/mol. The van der Waals surface area contributed by atoms with Crippen LogP contribution in [0, 0.1) is 6.92 Å². The number of aliphatic carboxylic acids is 1. The molecule has 1 atom stereocenters. The molecule has 1 heterocycles. The average Bonchev–Trinajstić information content (AvgIpc) is 2.25. The zero-order valence-electron chi connectivity index (χ0n) is 11.6. The summed E-state index contributed by atoms with van der Waals surface area (Å²) in [5, 5.41) is 9.12. The molecule has 0 radical (unpaired) electrons. The van der Waals surface area contributed by atoms with Gasteiger partial charge in [0.25, 0.3) is 0 Å². The van der Waals surface area contributed by atoms with Crippen molar-refractivity contribution in [2.45, 2.75) is 50.9 Å². The van der Waals surface area contributed by atoms with Gasteiger partial charge in [0.05, 0.1) is 13.8 Å². The predicted octanol–water partition coefficient (Wildman–Crippen LogP) is 2.93. The number of rotatable bonds is 2. The SMILES string of the molecule is Cc1cnc2c(c1)CCCC2(C(=O)O)[Si](C)(C)C. The number of fused-ring (bicyclic) bond motifs is 1. The van der Waals surface area contributed by atoms with E-state index < -0.39 is 19.1 Å². The highest BCUT2D eigenvalue weighted by Gasteiger charge is 2.54. The average molecular weight is 263 g/mol. The summed E-state index contributed by atoms with van der Waals surface area (Å²) in [6, 6.07) is 2.11. The normalized spacial score (nSPS) is 23.6. The van der Waals surface area contributed by atoms with Crippen LogP contribution in [0.2, 0.25) is 19.6 Å². The van der Waals surface area contributed by atoms with Crippen molar-refractivity contribution in [2.24, 2.45) is 0 Å². The lowest BCUT2D eigenvalue weighted by molar-refractivity contribution is -0.141. The lowest BCUT2D eigenvalue weighted by Gasteiger charge is -2.43. The molecule has 1 unspecified atom stereocenters. The summed E-state index contributed by atoms with van der Waals surface area (Å²) in [5.74, 6) is -0.682. The van der Waals surface area contributed by atoms with Crippen molar-refractivity contribution in [3.63, 3.8) is 0 Å². The van der Waals surface area contributed by atoms with E-state index in [-0.39, 0.29) is 0 Å². The standard InChI is InChI=1S/C14H21NO2Si/c1-10-8-11-6-5-7-14(13(16)17,18(2,3)4)12(11)15-9-10/h8-9H,5-7H2,1-4H3,(H,16,17). The van der Waals surface area contributed by atoms with Crippen LogP contribution in [0.1, 0.15) is 29.7 Å². The largest absolute Gasteiger partial charge is 0.481 e. The third-order valence-electron chi connectivity index (χ3n) is 4.15. The number of pyridine rings is 1. The van der Waals surface area contributed by atoms with E-state index in [0.717, 1.165) is 36.1 Å². The lowest BCUT2D eigenvalue weighted by Crippen LogP contribution is -2.57. The Morgan fingerprint density at radius 3 is 2.67 bits per heavy atom. The van der Waals surface area contributed by atoms with Crippen molar-refractivity contribution in [1.29, 1.82) is 0 Å². The van der Waals surface area contributed by atoms with E-state index in [9.17, 15) is 9.90 Å². The van der Waals surface area contributed by atoms with Crippen LogP contribution < -0.4 is 0 Å². The molecule has 0 amide bonds. The highest BCUT2D eigenvalue weighted by Crippen LogP contribution is 2.43. The van der Waals surface area contributed by atoms with Crippen LogP contribution in [-0.4, -0.2) is 24.1 Å². The minimum Gasteiger partial charge on any atom is -0.481 e. The molecule has 1 aromatic heterocycles. The molecule has 0 saturated heterocycles. The summed E-state index contributed by atoms with van der Waals surface area (Å²) in [5.41, 5.74) is 3.10. The van der Waals surface area contributed by atoms with E-state index in [1.165, 1.54) is 0 Å². The number of carboxylic acids is 1. The number of carboxylic acid groups (broad SMARTS) is 1. The molecule has 3 nitrogen and oxygen atoms in total. The first-order valence-electron chi connectivity index (χ1n) is 6.48. The second-order valence-corrected chi connectivity index (χ2v) is 11.7. The van der Waals surface area contributed by atoms with Crippen molar-refractivity contribution in [3.05, 3.63) is 29.1 Å². The zero-order valence-corrected chi connectivity index (χ0v) is 12.6. The summed E-state index contributed by atoms with van der Waals surface area (Å²) in [7, 11) is -1.90. The maximum Gasteiger partial charge on any atom is 0.312 e. The van der Waals surface area contributed by atoms with Gasteiger partial charge in [-0.1, -0.05) is 25.7 Å². The molecule has 98 valence electrons. The second kappa shape index (κ2) is 4.19. The second-order valence-electron chi connectivity index (χ2n) is 6.33. The van der Waals surface area contributed by atoms with Crippen LogP contribution in [0.3, 0.4) is 0 Å². The van der Waals surface area contributed by atoms with Crippen LogP contribution >= 0.6 is 0 Å². The van der Waals surface area contributed by atoms with Gasteiger partial charge in [-0.15, -0.1) is 0 Å². The lowest BCUT2D eigenvalue weighted by atomic mass is 9.85. The Bertz CT molecular complexity index is 493. The van der Waals surface area contributed by atoms with Gasteiger partial charge in [0, 0.05) is 6.20 Å². The molecule has 0 spiro atoms. The number of nitrogens with zero attached hydrogens (tertiary/aromatic N) is 1. The first kappa shape index (κ1) is 13.3. The highest BCUT2D eigenvalue weighted by molar-refractivity contribution is 6.82. The van der Waals surface area contributed by atoms with E-state index >= 15 is 0 Å². The van der Waals surface area contributed by atoms with Gasteiger partial charge in [-0.2, -0.15) is 0 Å². The molecule has 0 fully saturated rings. The van der Waals surface area contributed by atoms with Gasteiger partial charge < -0.3 is 5.11 Å².